The van der Waals surface area contributed by atoms with Gasteiger partial charge in [0.2, 0.25) is 0 Å². The van der Waals surface area contributed by atoms with E-state index in [1.54, 1.807) is 7.05 Å². The number of halogens is 3. The van der Waals surface area contributed by atoms with E-state index in [1.807, 2.05) is 0 Å². The molecule has 0 spiro atoms. The summed E-state index contributed by atoms with van der Waals surface area (Å²) in [5.41, 5.74) is -0.265. The van der Waals surface area contributed by atoms with Gasteiger partial charge < -0.3 is 9.84 Å². The lowest BCUT2D eigenvalue weighted by Gasteiger charge is -2.05. The van der Waals surface area contributed by atoms with Crippen LogP contribution in [-0.2, 0) is 12.7 Å². The highest BCUT2D eigenvalue weighted by molar-refractivity contribution is 5.81. The molecule has 0 saturated carbocycles. The van der Waals surface area contributed by atoms with Crippen molar-refractivity contribution in [1.29, 1.82) is 0 Å². The Balaban J connectivity index is 2.54. The van der Waals surface area contributed by atoms with Crippen LogP contribution in [0.25, 0.3) is 10.9 Å². The Bertz CT molecular complexity index is 504. The summed E-state index contributed by atoms with van der Waals surface area (Å²) in [6, 6.07) is 3.35. The van der Waals surface area contributed by atoms with Gasteiger partial charge in [0.1, 0.15) is 5.52 Å². The van der Waals surface area contributed by atoms with Gasteiger partial charge in [-0.05, 0) is 25.2 Å². The van der Waals surface area contributed by atoms with Gasteiger partial charge in [0.15, 0.2) is 5.76 Å². The molecule has 1 N–H and O–H groups in total. The summed E-state index contributed by atoms with van der Waals surface area (Å²) in [6.45, 7) is 0.345. The third kappa shape index (κ3) is 1.88. The average molecular weight is 230 g/mol. The van der Waals surface area contributed by atoms with Crippen LogP contribution in [0.15, 0.2) is 22.7 Å². The Morgan fingerprint density at radius 2 is 2.12 bits per heavy atom. The second kappa shape index (κ2) is 3.79. The van der Waals surface area contributed by atoms with E-state index in [0.717, 1.165) is 12.1 Å². The van der Waals surface area contributed by atoms with Crippen molar-refractivity contribution in [1.82, 2.24) is 10.5 Å². The highest BCUT2D eigenvalue weighted by Gasteiger charge is 2.31. The minimum atomic E-state index is -4.34. The smallest absolute Gasteiger partial charge is 0.359 e. The van der Waals surface area contributed by atoms with Crippen LogP contribution < -0.4 is 5.32 Å². The Morgan fingerprint density at radius 1 is 1.38 bits per heavy atom. The maximum absolute atomic E-state index is 12.5. The molecule has 16 heavy (non-hydrogen) atoms. The van der Waals surface area contributed by atoms with Crippen LogP contribution in [0.1, 0.15) is 11.3 Å². The molecule has 0 unspecified atom stereocenters. The SMILES string of the molecule is CNCc1onc2ccc(C(F)(F)F)cc12. The largest absolute Gasteiger partial charge is 0.416 e. The second-order valence-corrected chi connectivity index (χ2v) is 3.37. The zero-order chi connectivity index (χ0) is 11.8. The maximum atomic E-state index is 12.5. The van der Waals surface area contributed by atoms with Crippen molar-refractivity contribution in [3.63, 3.8) is 0 Å². The molecule has 0 aliphatic carbocycles. The van der Waals surface area contributed by atoms with Gasteiger partial charge in [-0.1, -0.05) is 5.16 Å². The van der Waals surface area contributed by atoms with Crippen LogP contribution in [-0.4, -0.2) is 12.2 Å². The molecule has 1 aromatic heterocycles. The molecule has 3 nitrogen and oxygen atoms in total. The number of nitrogens with one attached hydrogen (secondary N) is 1. The fraction of sp³-hybridized carbons (Fsp3) is 0.300. The highest BCUT2D eigenvalue weighted by atomic mass is 19.4. The first-order valence-electron chi connectivity index (χ1n) is 4.62. The summed E-state index contributed by atoms with van der Waals surface area (Å²) < 4.78 is 42.4. The van der Waals surface area contributed by atoms with E-state index in [9.17, 15) is 13.2 Å². The Hall–Kier alpha value is -1.56. The van der Waals surface area contributed by atoms with Crippen molar-refractivity contribution in [2.24, 2.45) is 0 Å². The molecule has 0 aliphatic rings. The molecule has 0 aliphatic heterocycles. The van der Waals surface area contributed by atoms with Crippen molar-refractivity contribution >= 4 is 10.9 Å². The fourth-order valence-corrected chi connectivity index (χ4v) is 1.46. The molecule has 0 atom stereocenters. The lowest BCUT2D eigenvalue weighted by Crippen LogP contribution is -2.06. The summed E-state index contributed by atoms with van der Waals surface area (Å²) >= 11 is 0. The fourth-order valence-electron chi connectivity index (χ4n) is 1.46. The summed E-state index contributed by atoms with van der Waals surface area (Å²) in [7, 11) is 1.68. The van der Waals surface area contributed by atoms with Crippen LogP contribution in [0.2, 0.25) is 0 Å². The molecule has 0 fully saturated rings. The summed E-state index contributed by atoms with van der Waals surface area (Å²) in [4.78, 5) is 0. The van der Waals surface area contributed by atoms with Crippen LogP contribution >= 0.6 is 0 Å². The predicted molar refractivity (Wildman–Crippen MR) is 51.8 cm³/mol. The van der Waals surface area contributed by atoms with Gasteiger partial charge in [0, 0.05) is 5.39 Å². The van der Waals surface area contributed by atoms with Crippen LogP contribution in [0.4, 0.5) is 13.2 Å². The standard InChI is InChI=1S/C10H9F3N2O/c1-14-5-9-7-4-6(10(11,12)13)2-3-8(7)15-16-9/h2-4,14H,5H2,1H3. The number of alkyl halides is 3. The molecule has 1 heterocycles. The van der Waals surface area contributed by atoms with Crippen LogP contribution in [0, 0.1) is 0 Å². The number of rotatable bonds is 2. The van der Waals surface area contributed by atoms with Gasteiger partial charge in [-0.3, -0.25) is 0 Å². The lowest BCUT2D eigenvalue weighted by atomic mass is 10.1. The molecule has 0 radical (unpaired) electrons. The van der Waals surface area contributed by atoms with Gasteiger partial charge in [-0.15, -0.1) is 0 Å². The zero-order valence-electron chi connectivity index (χ0n) is 8.43. The molecule has 6 heteroatoms. The minimum absolute atomic E-state index is 0.345. The topological polar surface area (TPSA) is 38.1 Å². The molecule has 0 saturated heterocycles. The number of fused-ring (bicyclic) bond motifs is 1. The summed E-state index contributed by atoms with van der Waals surface area (Å²) in [6.07, 6.45) is -4.34. The van der Waals surface area contributed by atoms with Crippen molar-refractivity contribution in [2.75, 3.05) is 7.05 Å². The molecule has 1 aromatic carbocycles. The Labute approximate surface area is 89.2 Å². The number of benzene rings is 1. The van der Waals surface area contributed by atoms with E-state index in [-0.39, 0.29) is 0 Å². The van der Waals surface area contributed by atoms with Crippen molar-refractivity contribution in [3.05, 3.63) is 29.5 Å². The zero-order valence-corrected chi connectivity index (χ0v) is 8.43. The molecule has 86 valence electrons. The molecule has 2 rings (SSSR count). The Morgan fingerprint density at radius 3 is 2.75 bits per heavy atom. The third-order valence-corrected chi connectivity index (χ3v) is 2.22. The molecule has 0 bridgehead atoms. The van der Waals surface area contributed by atoms with E-state index in [0.29, 0.717) is 23.2 Å². The first-order chi connectivity index (χ1) is 7.52. The van der Waals surface area contributed by atoms with E-state index in [2.05, 4.69) is 10.5 Å². The number of hydrogen-bond acceptors (Lipinski definition) is 3. The first kappa shape index (κ1) is 10.9. The number of aromatic nitrogens is 1. The van der Waals surface area contributed by atoms with Gasteiger partial charge in [0.05, 0.1) is 12.1 Å². The average Bonchev–Trinajstić information content (AvgIpc) is 2.60. The van der Waals surface area contributed by atoms with Crippen LogP contribution in [0.3, 0.4) is 0 Å². The minimum Gasteiger partial charge on any atom is -0.359 e. The van der Waals surface area contributed by atoms with Crippen molar-refractivity contribution in [3.8, 4) is 0 Å². The van der Waals surface area contributed by atoms with E-state index < -0.39 is 11.7 Å². The van der Waals surface area contributed by atoms with Crippen molar-refractivity contribution in [2.45, 2.75) is 12.7 Å². The molecular formula is C10H9F3N2O. The number of hydrogen-bond donors (Lipinski definition) is 1. The normalized spacial score (nSPS) is 12.2. The van der Waals surface area contributed by atoms with E-state index in [1.165, 1.54) is 6.07 Å². The monoisotopic (exact) mass is 230 g/mol. The predicted octanol–water partition coefficient (Wildman–Crippen LogP) is 2.57. The van der Waals surface area contributed by atoms with Gasteiger partial charge in [0.25, 0.3) is 0 Å². The lowest BCUT2D eigenvalue weighted by molar-refractivity contribution is -0.137. The third-order valence-electron chi connectivity index (χ3n) is 2.22. The van der Waals surface area contributed by atoms with E-state index >= 15 is 0 Å². The highest BCUT2D eigenvalue weighted by Crippen LogP contribution is 2.32. The molecular weight excluding hydrogens is 221 g/mol. The molecule has 0 amide bonds. The number of nitrogens with zero attached hydrogens (tertiary/aromatic N) is 1. The quantitative estimate of drug-likeness (QED) is 0.861. The van der Waals surface area contributed by atoms with Gasteiger partial charge in [-0.2, -0.15) is 13.2 Å². The van der Waals surface area contributed by atoms with Gasteiger partial charge in [-0.25, -0.2) is 0 Å². The molecule has 2 aromatic rings. The maximum Gasteiger partial charge on any atom is 0.416 e. The second-order valence-electron chi connectivity index (χ2n) is 3.37. The summed E-state index contributed by atoms with van der Waals surface area (Å²) in [5.74, 6) is 0.406. The van der Waals surface area contributed by atoms with Crippen molar-refractivity contribution < 1.29 is 17.7 Å². The Kier molecular flexibility index (Phi) is 2.59. The first-order valence-corrected chi connectivity index (χ1v) is 4.62. The van der Waals surface area contributed by atoms with Crippen LogP contribution in [0.5, 0.6) is 0 Å². The van der Waals surface area contributed by atoms with E-state index in [4.69, 9.17) is 4.52 Å². The van der Waals surface area contributed by atoms with Gasteiger partial charge >= 0.3 is 6.18 Å². The summed E-state index contributed by atoms with van der Waals surface area (Å²) in [5, 5.41) is 6.88.